The Bertz CT molecular complexity index is 205. The van der Waals surface area contributed by atoms with Crippen LogP contribution in [0.5, 0.6) is 0 Å². The Kier molecular flexibility index (Phi) is 4.20. The predicted molar refractivity (Wildman–Crippen MR) is 47.4 cm³/mol. The highest BCUT2D eigenvalue weighted by Crippen LogP contribution is 2.05. The van der Waals surface area contributed by atoms with Crippen molar-refractivity contribution in [3.8, 4) is 12.0 Å². The molecule has 0 aliphatic heterocycles. The lowest BCUT2D eigenvalue weighted by atomic mass is 10.2. The molecule has 0 saturated heterocycles. The number of amides is 1. The Morgan fingerprint density at radius 3 is 2.50 bits per heavy atom. The number of hydrogen-bond donors (Lipinski definition) is 1. The Hall–Kier alpha value is -1.17. The van der Waals surface area contributed by atoms with Crippen molar-refractivity contribution < 1.29 is 9.53 Å². The molecule has 0 rings (SSSR count). The molecule has 68 valence electrons. The third kappa shape index (κ3) is 6.94. The standard InChI is InChI=1S/C9H15NO2/c1-5-6-7-10-8(11)12-9(2,3)4/h5H2,1-4H3,(H,10,11). The third-order valence-electron chi connectivity index (χ3n) is 0.829. The number of ether oxygens (including phenoxy) is 1. The van der Waals surface area contributed by atoms with Crippen molar-refractivity contribution in [3.05, 3.63) is 0 Å². The summed E-state index contributed by atoms with van der Waals surface area (Å²) >= 11 is 0. The zero-order valence-electron chi connectivity index (χ0n) is 8.02. The minimum Gasteiger partial charge on any atom is -0.443 e. The molecule has 0 aliphatic carbocycles. The van der Waals surface area contributed by atoms with E-state index in [1.54, 1.807) is 20.8 Å². The van der Waals surface area contributed by atoms with Gasteiger partial charge in [-0.15, -0.1) is 0 Å². The summed E-state index contributed by atoms with van der Waals surface area (Å²) in [5.74, 6) is 2.70. The minimum absolute atomic E-state index is 0.460. The van der Waals surface area contributed by atoms with Crippen LogP contribution in [0.1, 0.15) is 34.1 Å². The van der Waals surface area contributed by atoms with Gasteiger partial charge in [-0.2, -0.15) is 0 Å². The van der Waals surface area contributed by atoms with Gasteiger partial charge in [0.2, 0.25) is 0 Å². The number of nitrogens with one attached hydrogen (secondary N) is 1. The molecule has 0 aromatic heterocycles. The summed E-state index contributed by atoms with van der Waals surface area (Å²) in [5, 5.41) is 2.32. The van der Waals surface area contributed by atoms with Crippen molar-refractivity contribution in [2.45, 2.75) is 39.7 Å². The molecule has 0 aromatic rings. The largest absolute Gasteiger partial charge is 0.443 e. The molecule has 0 saturated carbocycles. The van der Waals surface area contributed by atoms with E-state index in [1.807, 2.05) is 6.92 Å². The topological polar surface area (TPSA) is 38.3 Å². The number of rotatable bonds is 0. The van der Waals surface area contributed by atoms with E-state index in [0.717, 1.165) is 6.42 Å². The van der Waals surface area contributed by atoms with Crippen molar-refractivity contribution >= 4 is 6.09 Å². The van der Waals surface area contributed by atoms with E-state index in [1.165, 1.54) is 0 Å². The molecule has 3 nitrogen and oxygen atoms in total. The summed E-state index contributed by atoms with van der Waals surface area (Å²) in [7, 11) is 0. The Morgan fingerprint density at radius 2 is 2.08 bits per heavy atom. The van der Waals surface area contributed by atoms with E-state index in [-0.39, 0.29) is 0 Å². The lowest BCUT2D eigenvalue weighted by molar-refractivity contribution is 0.0557. The van der Waals surface area contributed by atoms with Crippen LogP contribution in [-0.2, 0) is 4.74 Å². The lowest BCUT2D eigenvalue weighted by Gasteiger charge is -2.18. The van der Waals surface area contributed by atoms with Gasteiger partial charge in [-0.25, -0.2) is 10.1 Å². The maximum atomic E-state index is 10.9. The van der Waals surface area contributed by atoms with Gasteiger partial charge in [-0.1, -0.05) is 12.8 Å². The second-order valence-corrected chi connectivity index (χ2v) is 3.28. The van der Waals surface area contributed by atoms with E-state index in [9.17, 15) is 4.79 Å². The third-order valence-corrected chi connectivity index (χ3v) is 0.829. The number of hydrogen-bond acceptors (Lipinski definition) is 2. The summed E-state index contributed by atoms with van der Waals surface area (Å²) in [6.07, 6.45) is 0.221. The van der Waals surface area contributed by atoms with Crippen molar-refractivity contribution in [2.75, 3.05) is 0 Å². The fourth-order valence-corrected chi connectivity index (χ4v) is 0.487. The van der Waals surface area contributed by atoms with Gasteiger partial charge in [0.1, 0.15) is 5.60 Å². The first-order chi connectivity index (χ1) is 5.45. The summed E-state index contributed by atoms with van der Waals surface area (Å²) in [5.41, 5.74) is -0.460. The highest BCUT2D eigenvalue weighted by Gasteiger charge is 2.14. The maximum Gasteiger partial charge on any atom is 0.419 e. The van der Waals surface area contributed by atoms with Crippen molar-refractivity contribution in [3.63, 3.8) is 0 Å². The minimum atomic E-state index is -0.497. The Balaban J connectivity index is 3.76. The maximum absolute atomic E-state index is 10.9. The van der Waals surface area contributed by atoms with E-state index in [4.69, 9.17) is 4.74 Å². The van der Waals surface area contributed by atoms with Gasteiger partial charge >= 0.3 is 6.09 Å². The molecule has 0 fully saturated rings. The first-order valence-electron chi connectivity index (χ1n) is 3.92. The summed E-state index contributed by atoms with van der Waals surface area (Å²) < 4.78 is 4.93. The zero-order valence-corrected chi connectivity index (χ0v) is 8.02. The average molecular weight is 169 g/mol. The molecule has 12 heavy (non-hydrogen) atoms. The van der Waals surface area contributed by atoms with Crippen LogP contribution in [0.15, 0.2) is 0 Å². The molecular formula is C9H15NO2. The van der Waals surface area contributed by atoms with Crippen LogP contribution < -0.4 is 5.32 Å². The molecule has 0 atom stereocenters. The predicted octanol–water partition coefficient (Wildman–Crippen LogP) is 1.88. The van der Waals surface area contributed by atoms with Gasteiger partial charge < -0.3 is 4.74 Å². The summed E-state index contributed by atoms with van der Waals surface area (Å²) in [4.78, 5) is 10.9. The number of carbonyl (C=O) groups excluding carboxylic acids is 1. The van der Waals surface area contributed by atoms with E-state index >= 15 is 0 Å². The first-order valence-corrected chi connectivity index (χ1v) is 3.92. The second kappa shape index (κ2) is 4.66. The lowest BCUT2D eigenvalue weighted by Crippen LogP contribution is -2.29. The highest BCUT2D eigenvalue weighted by molar-refractivity contribution is 5.69. The smallest absolute Gasteiger partial charge is 0.419 e. The quantitative estimate of drug-likeness (QED) is 0.444. The average Bonchev–Trinajstić information content (AvgIpc) is 1.84. The van der Waals surface area contributed by atoms with Crippen LogP contribution in [0, 0.1) is 12.0 Å². The molecule has 0 heterocycles. The van der Waals surface area contributed by atoms with Gasteiger partial charge in [-0.3, -0.25) is 0 Å². The van der Waals surface area contributed by atoms with Crippen LogP contribution >= 0.6 is 0 Å². The van der Waals surface area contributed by atoms with Crippen LogP contribution in [0.2, 0.25) is 0 Å². The SMILES string of the molecule is CCC#CNC(=O)OC(C)(C)C. The van der Waals surface area contributed by atoms with E-state index in [0.29, 0.717) is 0 Å². The molecule has 0 aromatic carbocycles. The highest BCUT2D eigenvalue weighted by atomic mass is 16.6. The van der Waals surface area contributed by atoms with E-state index < -0.39 is 11.7 Å². The summed E-state index contributed by atoms with van der Waals surface area (Å²) in [6.45, 7) is 7.32. The monoisotopic (exact) mass is 169 g/mol. The molecule has 0 unspecified atom stereocenters. The van der Waals surface area contributed by atoms with Gasteiger partial charge in [0.05, 0.1) is 0 Å². The molecule has 0 bridgehead atoms. The van der Waals surface area contributed by atoms with Crippen molar-refractivity contribution in [1.82, 2.24) is 5.32 Å². The fraction of sp³-hybridized carbons (Fsp3) is 0.667. The van der Waals surface area contributed by atoms with E-state index in [2.05, 4.69) is 17.3 Å². The molecule has 1 N–H and O–H groups in total. The van der Waals surface area contributed by atoms with Gasteiger partial charge in [-0.05, 0) is 20.8 Å². The van der Waals surface area contributed by atoms with Crippen molar-refractivity contribution in [1.29, 1.82) is 0 Å². The molecule has 1 amide bonds. The molecule has 0 spiro atoms. The van der Waals surface area contributed by atoms with Crippen LogP contribution in [-0.4, -0.2) is 11.7 Å². The molecule has 0 radical (unpaired) electrons. The van der Waals surface area contributed by atoms with Gasteiger partial charge in [0, 0.05) is 12.5 Å². The Labute approximate surface area is 73.5 Å². The Morgan fingerprint density at radius 1 is 1.50 bits per heavy atom. The first kappa shape index (κ1) is 10.8. The molecule has 0 aliphatic rings. The van der Waals surface area contributed by atoms with Crippen LogP contribution in [0.4, 0.5) is 4.79 Å². The normalized spacial score (nSPS) is 9.67. The van der Waals surface area contributed by atoms with Gasteiger partial charge in [0.25, 0.3) is 0 Å². The zero-order chi connectivity index (χ0) is 9.61. The van der Waals surface area contributed by atoms with Gasteiger partial charge in [0.15, 0.2) is 0 Å². The van der Waals surface area contributed by atoms with Crippen LogP contribution in [0.25, 0.3) is 0 Å². The second-order valence-electron chi connectivity index (χ2n) is 3.28. The van der Waals surface area contributed by atoms with Crippen molar-refractivity contribution in [2.24, 2.45) is 0 Å². The molecular weight excluding hydrogens is 154 g/mol. The molecule has 3 heteroatoms. The fourth-order valence-electron chi connectivity index (χ4n) is 0.487. The number of carbonyl (C=O) groups is 1. The number of alkyl carbamates (subject to hydrolysis) is 1. The van der Waals surface area contributed by atoms with Crippen LogP contribution in [0.3, 0.4) is 0 Å². The summed E-state index contributed by atoms with van der Waals surface area (Å²) in [6, 6.07) is 2.48.